The van der Waals surface area contributed by atoms with Crippen molar-refractivity contribution in [2.24, 2.45) is 5.41 Å². The quantitative estimate of drug-likeness (QED) is 0.669. The Balaban J connectivity index is 2.03. The lowest BCUT2D eigenvalue weighted by Crippen LogP contribution is -2.51. The second-order valence-electron chi connectivity index (χ2n) is 4.60. The highest BCUT2D eigenvalue weighted by molar-refractivity contribution is 6.03. The van der Waals surface area contributed by atoms with Crippen LogP contribution in [0.3, 0.4) is 0 Å². The van der Waals surface area contributed by atoms with Gasteiger partial charge in [-0.1, -0.05) is 0 Å². The summed E-state index contributed by atoms with van der Waals surface area (Å²) in [7, 11) is 0. The van der Waals surface area contributed by atoms with Gasteiger partial charge in [0, 0.05) is 5.56 Å². The van der Waals surface area contributed by atoms with E-state index in [4.69, 9.17) is 4.74 Å². The number of rotatable bonds is 3. The Labute approximate surface area is 102 Å². The third-order valence-corrected chi connectivity index (χ3v) is 3.32. The molecule has 1 aliphatic heterocycles. The molecule has 3 N–H and O–H groups in total. The summed E-state index contributed by atoms with van der Waals surface area (Å²) in [5.41, 5.74) is 0.580. The van der Waals surface area contributed by atoms with Gasteiger partial charge in [-0.2, -0.15) is 0 Å². The van der Waals surface area contributed by atoms with Gasteiger partial charge in [0.05, 0.1) is 30.9 Å². The van der Waals surface area contributed by atoms with Crippen molar-refractivity contribution >= 4 is 16.8 Å². The van der Waals surface area contributed by atoms with E-state index in [1.54, 1.807) is 18.2 Å². The highest BCUT2D eigenvalue weighted by Crippen LogP contribution is 2.31. The number of imidazole rings is 1. The summed E-state index contributed by atoms with van der Waals surface area (Å²) in [5.74, 6) is -0.153. The van der Waals surface area contributed by atoms with E-state index >= 15 is 0 Å². The van der Waals surface area contributed by atoms with E-state index in [-0.39, 0.29) is 31.3 Å². The first-order valence-corrected chi connectivity index (χ1v) is 5.60. The number of fused-ring (bicyclic) bond motifs is 1. The molecule has 1 aromatic carbocycles. The lowest BCUT2D eigenvalue weighted by molar-refractivity contribution is -0.109. The second kappa shape index (κ2) is 3.79. The van der Waals surface area contributed by atoms with Crippen LogP contribution in [-0.4, -0.2) is 40.7 Å². The molecule has 2 aromatic rings. The molecule has 3 rings (SSSR count). The number of aliphatic hydroxyl groups excluding tert-OH is 1. The second-order valence-corrected chi connectivity index (χ2v) is 4.60. The molecule has 2 heterocycles. The van der Waals surface area contributed by atoms with E-state index in [1.807, 2.05) is 0 Å². The van der Waals surface area contributed by atoms with Crippen LogP contribution in [0, 0.1) is 5.41 Å². The number of ether oxygens (including phenoxy) is 1. The van der Waals surface area contributed by atoms with Crippen molar-refractivity contribution in [3.8, 4) is 0 Å². The van der Waals surface area contributed by atoms with Crippen molar-refractivity contribution in [1.82, 2.24) is 9.97 Å². The summed E-state index contributed by atoms with van der Waals surface area (Å²) in [4.78, 5) is 28.6. The van der Waals surface area contributed by atoms with Crippen molar-refractivity contribution in [3.05, 3.63) is 34.2 Å². The van der Waals surface area contributed by atoms with Crippen LogP contribution in [0.5, 0.6) is 0 Å². The number of aromatic amines is 2. The maximum atomic E-state index is 12.3. The van der Waals surface area contributed by atoms with Gasteiger partial charge >= 0.3 is 5.69 Å². The number of benzene rings is 1. The molecule has 0 saturated carbocycles. The molecule has 0 spiro atoms. The van der Waals surface area contributed by atoms with Gasteiger partial charge in [-0.05, 0) is 18.2 Å². The van der Waals surface area contributed by atoms with Crippen LogP contribution in [0.1, 0.15) is 10.4 Å². The zero-order valence-electron chi connectivity index (χ0n) is 9.53. The monoisotopic (exact) mass is 248 g/mol. The molecular weight excluding hydrogens is 236 g/mol. The molecule has 0 amide bonds. The lowest BCUT2D eigenvalue weighted by Gasteiger charge is -2.38. The number of ketones is 1. The van der Waals surface area contributed by atoms with Gasteiger partial charge in [-0.25, -0.2) is 4.79 Å². The highest BCUT2D eigenvalue weighted by Gasteiger charge is 2.45. The molecule has 0 radical (unpaired) electrons. The van der Waals surface area contributed by atoms with E-state index in [0.717, 1.165) is 0 Å². The number of hydrogen-bond donors (Lipinski definition) is 3. The van der Waals surface area contributed by atoms with E-state index in [9.17, 15) is 14.7 Å². The minimum absolute atomic E-state index is 0.153. The average Bonchev–Trinajstić information content (AvgIpc) is 2.67. The van der Waals surface area contributed by atoms with Crippen molar-refractivity contribution in [3.63, 3.8) is 0 Å². The third kappa shape index (κ3) is 1.50. The van der Waals surface area contributed by atoms with Crippen molar-refractivity contribution in [1.29, 1.82) is 0 Å². The van der Waals surface area contributed by atoms with E-state index in [2.05, 4.69) is 9.97 Å². The van der Waals surface area contributed by atoms with Crippen LogP contribution in [-0.2, 0) is 4.74 Å². The maximum absolute atomic E-state index is 12.3. The van der Waals surface area contributed by atoms with Crippen LogP contribution >= 0.6 is 0 Å². The van der Waals surface area contributed by atoms with Crippen molar-refractivity contribution < 1.29 is 14.6 Å². The minimum Gasteiger partial charge on any atom is -0.395 e. The Kier molecular flexibility index (Phi) is 2.36. The zero-order chi connectivity index (χ0) is 12.8. The van der Waals surface area contributed by atoms with Gasteiger partial charge in [0.2, 0.25) is 0 Å². The average molecular weight is 248 g/mol. The van der Waals surface area contributed by atoms with Gasteiger partial charge in [0.1, 0.15) is 5.41 Å². The Morgan fingerprint density at radius 1 is 1.33 bits per heavy atom. The molecule has 0 unspecified atom stereocenters. The van der Waals surface area contributed by atoms with Crippen LogP contribution in [0.15, 0.2) is 23.0 Å². The molecule has 0 atom stereocenters. The number of carbonyl (C=O) groups excluding carboxylic acids is 1. The molecule has 6 nitrogen and oxygen atoms in total. The predicted molar refractivity (Wildman–Crippen MR) is 63.6 cm³/mol. The van der Waals surface area contributed by atoms with Crippen LogP contribution in [0.25, 0.3) is 11.0 Å². The fourth-order valence-corrected chi connectivity index (χ4v) is 2.12. The highest BCUT2D eigenvalue weighted by atomic mass is 16.5. The largest absolute Gasteiger partial charge is 0.395 e. The van der Waals surface area contributed by atoms with E-state index < -0.39 is 5.41 Å². The van der Waals surface area contributed by atoms with E-state index in [1.165, 1.54) is 0 Å². The molecule has 18 heavy (non-hydrogen) atoms. The zero-order valence-corrected chi connectivity index (χ0v) is 9.53. The number of carbonyl (C=O) groups is 1. The van der Waals surface area contributed by atoms with Crippen LogP contribution in [0.2, 0.25) is 0 Å². The van der Waals surface area contributed by atoms with Gasteiger partial charge in [-0.3, -0.25) is 4.79 Å². The molecular formula is C12H12N2O4. The molecule has 1 aromatic heterocycles. The van der Waals surface area contributed by atoms with Crippen LogP contribution < -0.4 is 5.69 Å². The number of Topliss-reactive ketones (excluding diaryl/α,β-unsaturated/α-hetero) is 1. The first-order chi connectivity index (χ1) is 8.64. The van der Waals surface area contributed by atoms with Gasteiger partial charge in [-0.15, -0.1) is 0 Å². The first-order valence-electron chi connectivity index (χ1n) is 5.60. The maximum Gasteiger partial charge on any atom is 0.323 e. The standard InChI is InChI=1S/C12H12N2O4/c15-4-12(5-18-6-12)10(16)7-1-2-8-9(3-7)14-11(17)13-8/h1-3,15H,4-6H2,(H2,13,14,17). The fraction of sp³-hybridized carbons (Fsp3) is 0.333. The summed E-state index contributed by atoms with van der Waals surface area (Å²) >= 11 is 0. The Morgan fingerprint density at radius 3 is 2.67 bits per heavy atom. The molecule has 94 valence electrons. The summed E-state index contributed by atoms with van der Waals surface area (Å²) in [6, 6.07) is 4.93. The Morgan fingerprint density at radius 2 is 2.06 bits per heavy atom. The smallest absolute Gasteiger partial charge is 0.323 e. The van der Waals surface area contributed by atoms with Gasteiger partial charge in [0.25, 0.3) is 0 Å². The summed E-state index contributed by atoms with van der Waals surface area (Å²) in [6.45, 7) is 0.252. The summed E-state index contributed by atoms with van der Waals surface area (Å²) in [6.07, 6.45) is 0. The SMILES string of the molecule is O=C(c1ccc2[nH]c(=O)[nH]c2c1)C1(CO)COC1. The first kappa shape index (κ1) is 11.2. The third-order valence-electron chi connectivity index (χ3n) is 3.32. The lowest BCUT2D eigenvalue weighted by atomic mass is 9.79. The fourth-order valence-electron chi connectivity index (χ4n) is 2.12. The van der Waals surface area contributed by atoms with Crippen LogP contribution in [0.4, 0.5) is 0 Å². The number of aliphatic hydroxyl groups is 1. The normalized spacial score (nSPS) is 17.6. The Bertz CT molecular complexity index is 661. The number of aromatic nitrogens is 2. The number of H-pyrrole nitrogens is 2. The topological polar surface area (TPSA) is 95.2 Å². The number of hydrogen-bond acceptors (Lipinski definition) is 4. The molecule has 1 saturated heterocycles. The van der Waals surface area contributed by atoms with E-state index in [0.29, 0.717) is 16.6 Å². The van der Waals surface area contributed by atoms with Gasteiger partial charge < -0.3 is 19.8 Å². The van der Waals surface area contributed by atoms with Crippen molar-refractivity contribution in [2.45, 2.75) is 0 Å². The van der Waals surface area contributed by atoms with Crippen molar-refractivity contribution in [2.75, 3.05) is 19.8 Å². The molecule has 0 bridgehead atoms. The molecule has 6 heteroatoms. The summed E-state index contributed by atoms with van der Waals surface area (Å²) in [5, 5.41) is 9.32. The summed E-state index contributed by atoms with van der Waals surface area (Å²) < 4.78 is 5.02. The molecule has 1 aliphatic rings. The predicted octanol–water partition coefficient (Wildman–Crippen LogP) is 0.0478. The number of nitrogens with one attached hydrogen (secondary N) is 2. The minimum atomic E-state index is -0.815. The molecule has 0 aliphatic carbocycles. The van der Waals surface area contributed by atoms with Gasteiger partial charge in [0.15, 0.2) is 5.78 Å². The molecule has 1 fully saturated rings. The Hall–Kier alpha value is -1.92.